The number of hydrogen-bond donors (Lipinski definition) is 2. The van der Waals surface area contributed by atoms with Crippen LogP contribution < -0.4 is 11.1 Å². The summed E-state index contributed by atoms with van der Waals surface area (Å²) in [6.45, 7) is 1.72. The van der Waals surface area contributed by atoms with E-state index < -0.39 is 0 Å². The van der Waals surface area contributed by atoms with Gasteiger partial charge < -0.3 is 11.1 Å². The highest BCUT2D eigenvalue weighted by atomic mass is 32.2. The molecule has 0 unspecified atom stereocenters. The second kappa shape index (κ2) is 4.72. The molecule has 1 atom stereocenters. The number of thioether (sulfide) groups is 1. The molecule has 0 aliphatic carbocycles. The minimum atomic E-state index is -0.375. The fourth-order valence-corrected chi connectivity index (χ4v) is 2.28. The van der Waals surface area contributed by atoms with Crippen molar-refractivity contribution in [3.63, 3.8) is 0 Å². The first-order valence-corrected chi connectivity index (χ1v) is 5.49. The Kier molecular flexibility index (Phi) is 3.88. The van der Waals surface area contributed by atoms with Gasteiger partial charge in [0.1, 0.15) is 0 Å². The molecule has 1 aliphatic rings. The molecule has 0 aromatic rings. The van der Waals surface area contributed by atoms with Crippen LogP contribution in [0.15, 0.2) is 0 Å². The van der Waals surface area contributed by atoms with Gasteiger partial charge in [0.2, 0.25) is 5.91 Å². The second-order valence-electron chi connectivity index (χ2n) is 3.18. The molecular weight excluding hydrogens is 172 g/mol. The molecule has 0 spiro atoms. The van der Waals surface area contributed by atoms with Crippen LogP contribution in [0.3, 0.4) is 0 Å². The van der Waals surface area contributed by atoms with Gasteiger partial charge in [0.15, 0.2) is 0 Å². The van der Waals surface area contributed by atoms with Crippen LogP contribution in [-0.2, 0) is 4.79 Å². The average molecular weight is 188 g/mol. The van der Waals surface area contributed by atoms with Gasteiger partial charge >= 0.3 is 0 Å². The number of carbonyl (C=O) groups is 1. The van der Waals surface area contributed by atoms with Crippen LogP contribution in [0.25, 0.3) is 0 Å². The number of rotatable bonds is 2. The number of carbonyl (C=O) groups excluding carboxylic acids is 1. The molecule has 1 aliphatic heterocycles. The van der Waals surface area contributed by atoms with Gasteiger partial charge in [-0.3, -0.25) is 4.79 Å². The monoisotopic (exact) mass is 188 g/mol. The van der Waals surface area contributed by atoms with E-state index in [4.69, 9.17) is 5.73 Å². The minimum absolute atomic E-state index is 0.0214. The van der Waals surface area contributed by atoms with Crippen LogP contribution in [0.2, 0.25) is 0 Å². The highest BCUT2D eigenvalue weighted by Gasteiger charge is 2.17. The maximum absolute atomic E-state index is 11.2. The van der Waals surface area contributed by atoms with E-state index in [9.17, 15) is 4.79 Å². The first-order chi connectivity index (χ1) is 5.70. The zero-order valence-electron chi connectivity index (χ0n) is 7.38. The van der Waals surface area contributed by atoms with E-state index in [0.29, 0.717) is 6.04 Å². The van der Waals surface area contributed by atoms with Crippen LogP contribution in [0, 0.1) is 0 Å². The average Bonchev–Trinajstić information content (AvgIpc) is 2.06. The van der Waals surface area contributed by atoms with Gasteiger partial charge in [-0.25, -0.2) is 0 Å². The summed E-state index contributed by atoms with van der Waals surface area (Å²) < 4.78 is 0. The Bertz CT molecular complexity index is 155. The number of amides is 1. The smallest absolute Gasteiger partial charge is 0.236 e. The van der Waals surface area contributed by atoms with Gasteiger partial charge in [0, 0.05) is 6.04 Å². The molecule has 3 nitrogen and oxygen atoms in total. The zero-order valence-corrected chi connectivity index (χ0v) is 8.19. The topological polar surface area (TPSA) is 55.1 Å². The Morgan fingerprint density at radius 1 is 1.58 bits per heavy atom. The second-order valence-corrected chi connectivity index (χ2v) is 4.41. The van der Waals surface area contributed by atoms with Gasteiger partial charge in [-0.15, -0.1) is 0 Å². The van der Waals surface area contributed by atoms with Crippen molar-refractivity contribution >= 4 is 17.7 Å². The normalized spacial score (nSPS) is 21.8. The molecule has 1 rings (SSSR count). The Morgan fingerprint density at radius 2 is 2.17 bits per heavy atom. The third-order valence-corrected chi connectivity index (χ3v) is 3.03. The predicted octanol–water partition coefficient (Wildman–Crippen LogP) is 0.345. The molecule has 3 N–H and O–H groups in total. The van der Waals surface area contributed by atoms with Crippen LogP contribution >= 0.6 is 11.8 Å². The summed E-state index contributed by atoms with van der Waals surface area (Å²) in [7, 11) is 0. The molecule has 0 bridgehead atoms. The highest BCUT2D eigenvalue weighted by molar-refractivity contribution is 7.99. The van der Waals surface area contributed by atoms with Crippen LogP contribution in [0.5, 0.6) is 0 Å². The van der Waals surface area contributed by atoms with Crippen LogP contribution in [0.1, 0.15) is 19.8 Å². The van der Waals surface area contributed by atoms with E-state index >= 15 is 0 Å². The molecule has 0 aromatic carbocycles. The lowest BCUT2D eigenvalue weighted by Gasteiger charge is -2.23. The summed E-state index contributed by atoms with van der Waals surface area (Å²) >= 11 is 1.95. The predicted molar refractivity (Wildman–Crippen MR) is 52.1 cm³/mol. The lowest BCUT2D eigenvalue weighted by molar-refractivity contribution is -0.122. The molecular formula is C8H16N2OS. The van der Waals surface area contributed by atoms with Gasteiger partial charge in [-0.1, -0.05) is 0 Å². The van der Waals surface area contributed by atoms with Gasteiger partial charge in [0.25, 0.3) is 0 Å². The quantitative estimate of drug-likeness (QED) is 0.657. The maximum atomic E-state index is 11.2. The van der Waals surface area contributed by atoms with Crippen molar-refractivity contribution in [1.82, 2.24) is 5.32 Å². The Labute approximate surface area is 77.5 Å². The summed E-state index contributed by atoms with van der Waals surface area (Å²) in [6, 6.07) is -0.00988. The fourth-order valence-electron chi connectivity index (χ4n) is 1.17. The van der Waals surface area contributed by atoms with Crippen LogP contribution in [0.4, 0.5) is 0 Å². The third-order valence-electron chi connectivity index (χ3n) is 1.98. The van der Waals surface area contributed by atoms with E-state index in [1.54, 1.807) is 6.92 Å². The molecule has 1 heterocycles. The molecule has 0 aromatic heterocycles. The fraction of sp³-hybridized carbons (Fsp3) is 0.875. The summed E-state index contributed by atoms with van der Waals surface area (Å²) in [5, 5.41) is 2.94. The van der Waals surface area contributed by atoms with Crippen molar-refractivity contribution < 1.29 is 4.79 Å². The number of nitrogens with one attached hydrogen (secondary N) is 1. The van der Waals surface area contributed by atoms with Crippen molar-refractivity contribution in [2.75, 3.05) is 11.5 Å². The molecule has 1 saturated heterocycles. The van der Waals surface area contributed by atoms with E-state index in [2.05, 4.69) is 5.32 Å². The number of hydrogen-bond acceptors (Lipinski definition) is 3. The van der Waals surface area contributed by atoms with Crippen molar-refractivity contribution in [2.45, 2.75) is 31.8 Å². The maximum Gasteiger partial charge on any atom is 0.236 e. The van der Waals surface area contributed by atoms with E-state index in [1.165, 1.54) is 0 Å². The summed E-state index contributed by atoms with van der Waals surface area (Å²) in [6.07, 6.45) is 2.17. The first kappa shape index (κ1) is 9.86. The van der Waals surface area contributed by atoms with Crippen molar-refractivity contribution in [3.8, 4) is 0 Å². The Balaban J connectivity index is 2.24. The lowest BCUT2D eigenvalue weighted by atomic mass is 10.1. The highest BCUT2D eigenvalue weighted by Crippen LogP contribution is 2.16. The van der Waals surface area contributed by atoms with Crippen LogP contribution in [-0.4, -0.2) is 29.5 Å². The third kappa shape index (κ3) is 3.03. The lowest BCUT2D eigenvalue weighted by Crippen LogP contribution is -2.45. The standard InChI is InChI=1S/C8H16N2OS/c1-6(9)8(11)10-7-2-4-12-5-3-7/h6-7H,2-5,9H2,1H3,(H,10,11)/t6-/m1/s1. The van der Waals surface area contributed by atoms with Crippen molar-refractivity contribution in [3.05, 3.63) is 0 Å². The summed E-state index contributed by atoms with van der Waals surface area (Å²) in [5.41, 5.74) is 5.44. The Morgan fingerprint density at radius 3 is 2.67 bits per heavy atom. The summed E-state index contributed by atoms with van der Waals surface area (Å²) in [4.78, 5) is 11.2. The minimum Gasteiger partial charge on any atom is -0.352 e. The molecule has 0 saturated carbocycles. The van der Waals surface area contributed by atoms with Gasteiger partial charge in [0.05, 0.1) is 6.04 Å². The molecule has 4 heteroatoms. The SMILES string of the molecule is C[C@@H](N)C(=O)NC1CCSCC1. The molecule has 1 amide bonds. The van der Waals surface area contributed by atoms with E-state index in [-0.39, 0.29) is 11.9 Å². The summed E-state index contributed by atoms with van der Waals surface area (Å²) in [5.74, 6) is 2.29. The largest absolute Gasteiger partial charge is 0.352 e. The van der Waals surface area contributed by atoms with Crippen molar-refractivity contribution in [2.24, 2.45) is 5.73 Å². The first-order valence-electron chi connectivity index (χ1n) is 4.34. The van der Waals surface area contributed by atoms with Gasteiger partial charge in [-0.05, 0) is 31.3 Å². The molecule has 1 fully saturated rings. The molecule has 70 valence electrons. The van der Waals surface area contributed by atoms with Crippen molar-refractivity contribution in [1.29, 1.82) is 0 Å². The Hall–Kier alpha value is -0.220. The molecule has 12 heavy (non-hydrogen) atoms. The number of nitrogens with two attached hydrogens (primary N) is 1. The molecule has 0 radical (unpaired) electrons. The zero-order chi connectivity index (χ0) is 8.97. The van der Waals surface area contributed by atoms with E-state index in [0.717, 1.165) is 24.3 Å². The van der Waals surface area contributed by atoms with Gasteiger partial charge in [-0.2, -0.15) is 11.8 Å². The van der Waals surface area contributed by atoms with E-state index in [1.807, 2.05) is 11.8 Å².